The van der Waals surface area contributed by atoms with Crippen LogP contribution in [-0.2, 0) is 0 Å². The lowest BCUT2D eigenvalue weighted by Crippen LogP contribution is -2.20. The van der Waals surface area contributed by atoms with Crippen LogP contribution in [0.4, 0.5) is 5.69 Å². The first kappa shape index (κ1) is 9.01. The van der Waals surface area contributed by atoms with Gasteiger partial charge in [0.1, 0.15) is 6.07 Å². The molecule has 1 aromatic heterocycles. The molecule has 1 fully saturated rings. The number of pyridine rings is 1. The molecule has 1 heterocycles. The quantitative estimate of drug-likeness (QED) is 0.789. The van der Waals surface area contributed by atoms with E-state index >= 15 is 0 Å². The van der Waals surface area contributed by atoms with Crippen LogP contribution in [0.15, 0.2) is 18.5 Å². The number of rotatable bonds is 3. The Labute approximate surface area is 83.8 Å². The number of nitriles is 1. The lowest BCUT2D eigenvalue weighted by atomic mass is 10.1. The predicted molar refractivity (Wildman–Crippen MR) is 54.8 cm³/mol. The molecule has 0 spiro atoms. The monoisotopic (exact) mass is 187 g/mol. The summed E-state index contributed by atoms with van der Waals surface area (Å²) in [7, 11) is 0. The third kappa shape index (κ3) is 1.56. The molecule has 0 saturated heterocycles. The van der Waals surface area contributed by atoms with Crippen molar-refractivity contribution in [1.82, 2.24) is 4.98 Å². The predicted octanol–water partition coefficient (Wildman–Crippen LogP) is 2.31. The van der Waals surface area contributed by atoms with Crippen LogP contribution >= 0.6 is 0 Å². The Bertz CT molecular complexity index is 374. The Morgan fingerprint density at radius 2 is 2.43 bits per heavy atom. The van der Waals surface area contributed by atoms with Crippen LogP contribution < -0.4 is 5.32 Å². The number of nitrogens with zero attached hydrogens (tertiary/aromatic N) is 2. The van der Waals surface area contributed by atoms with Gasteiger partial charge < -0.3 is 5.32 Å². The average Bonchev–Trinajstić information content (AvgIpc) is 2.99. The van der Waals surface area contributed by atoms with Crippen LogP contribution in [0.25, 0.3) is 0 Å². The Balaban J connectivity index is 2.21. The van der Waals surface area contributed by atoms with E-state index in [1.807, 2.05) is 6.07 Å². The van der Waals surface area contributed by atoms with Gasteiger partial charge in [-0.1, -0.05) is 6.92 Å². The van der Waals surface area contributed by atoms with E-state index in [1.54, 1.807) is 12.4 Å². The summed E-state index contributed by atoms with van der Waals surface area (Å²) < 4.78 is 0. The minimum atomic E-state index is 0.257. The molecule has 0 amide bonds. The highest BCUT2D eigenvalue weighted by Gasteiger charge is 2.40. The summed E-state index contributed by atoms with van der Waals surface area (Å²) in [5.41, 5.74) is 1.81. The standard InChI is InChI=1S/C11H13N3/c1-2-11(4-5-11)14-10-3-6-13-8-9(10)7-12/h3,6,8H,2,4-5H2,1H3,(H,13,14). The first-order chi connectivity index (χ1) is 6.79. The maximum Gasteiger partial charge on any atom is 0.103 e. The highest BCUT2D eigenvalue weighted by Crippen LogP contribution is 2.42. The Kier molecular flexibility index (Phi) is 2.12. The third-order valence-electron chi connectivity index (χ3n) is 2.87. The first-order valence-corrected chi connectivity index (χ1v) is 4.92. The Morgan fingerprint density at radius 1 is 1.64 bits per heavy atom. The van der Waals surface area contributed by atoms with E-state index in [2.05, 4.69) is 23.3 Å². The molecule has 1 saturated carbocycles. The maximum absolute atomic E-state index is 8.88. The van der Waals surface area contributed by atoms with Crippen molar-refractivity contribution >= 4 is 5.69 Å². The van der Waals surface area contributed by atoms with Crippen molar-refractivity contribution in [3.8, 4) is 6.07 Å². The van der Waals surface area contributed by atoms with E-state index in [9.17, 15) is 0 Å². The van der Waals surface area contributed by atoms with Crippen LogP contribution in [-0.4, -0.2) is 10.5 Å². The highest BCUT2D eigenvalue weighted by atomic mass is 15.0. The van der Waals surface area contributed by atoms with Crippen LogP contribution in [0.1, 0.15) is 31.7 Å². The number of nitrogens with one attached hydrogen (secondary N) is 1. The van der Waals surface area contributed by atoms with Crippen molar-refractivity contribution in [1.29, 1.82) is 5.26 Å². The van der Waals surface area contributed by atoms with E-state index in [0.717, 1.165) is 12.1 Å². The lowest BCUT2D eigenvalue weighted by Gasteiger charge is -2.16. The SMILES string of the molecule is CCC1(Nc2ccncc2C#N)CC1. The zero-order chi connectivity index (χ0) is 10.0. The number of hydrogen-bond donors (Lipinski definition) is 1. The molecule has 0 bridgehead atoms. The highest BCUT2D eigenvalue weighted by molar-refractivity contribution is 5.58. The summed E-state index contributed by atoms with van der Waals surface area (Å²) in [6.07, 6.45) is 6.84. The molecule has 1 N–H and O–H groups in total. The van der Waals surface area contributed by atoms with Crippen molar-refractivity contribution in [3.63, 3.8) is 0 Å². The van der Waals surface area contributed by atoms with Crippen LogP contribution in [0.2, 0.25) is 0 Å². The minimum absolute atomic E-state index is 0.257. The second-order valence-corrected chi connectivity index (χ2v) is 3.79. The van der Waals surface area contributed by atoms with E-state index in [0.29, 0.717) is 5.56 Å². The molecule has 0 aromatic carbocycles. The fourth-order valence-electron chi connectivity index (χ4n) is 1.60. The smallest absolute Gasteiger partial charge is 0.103 e. The zero-order valence-electron chi connectivity index (χ0n) is 8.25. The van der Waals surface area contributed by atoms with E-state index in [4.69, 9.17) is 5.26 Å². The van der Waals surface area contributed by atoms with Gasteiger partial charge in [0.2, 0.25) is 0 Å². The molecule has 3 nitrogen and oxygen atoms in total. The minimum Gasteiger partial charge on any atom is -0.378 e. The zero-order valence-corrected chi connectivity index (χ0v) is 8.25. The van der Waals surface area contributed by atoms with Gasteiger partial charge in [0, 0.05) is 17.9 Å². The van der Waals surface area contributed by atoms with Crippen molar-refractivity contribution in [2.45, 2.75) is 31.7 Å². The van der Waals surface area contributed by atoms with Gasteiger partial charge in [-0.2, -0.15) is 5.26 Å². The van der Waals surface area contributed by atoms with Gasteiger partial charge in [0.25, 0.3) is 0 Å². The summed E-state index contributed by atoms with van der Waals surface area (Å²) >= 11 is 0. The molecule has 3 heteroatoms. The maximum atomic E-state index is 8.88. The molecule has 14 heavy (non-hydrogen) atoms. The summed E-state index contributed by atoms with van der Waals surface area (Å²) in [5, 5.41) is 12.3. The summed E-state index contributed by atoms with van der Waals surface area (Å²) in [4.78, 5) is 3.93. The molecule has 0 unspecified atom stereocenters. The second-order valence-electron chi connectivity index (χ2n) is 3.79. The van der Waals surface area contributed by atoms with Gasteiger partial charge in [-0.3, -0.25) is 4.98 Å². The second kappa shape index (κ2) is 3.30. The van der Waals surface area contributed by atoms with Gasteiger partial charge in [0.15, 0.2) is 0 Å². The van der Waals surface area contributed by atoms with Crippen molar-refractivity contribution < 1.29 is 0 Å². The Hall–Kier alpha value is -1.56. The van der Waals surface area contributed by atoms with Crippen LogP contribution in [0.5, 0.6) is 0 Å². The first-order valence-electron chi connectivity index (χ1n) is 4.92. The van der Waals surface area contributed by atoms with Crippen LogP contribution in [0.3, 0.4) is 0 Å². The fourth-order valence-corrected chi connectivity index (χ4v) is 1.60. The molecule has 1 aromatic rings. The molecule has 1 aliphatic rings. The van der Waals surface area contributed by atoms with Crippen molar-refractivity contribution in [3.05, 3.63) is 24.0 Å². The molecular weight excluding hydrogens is 174 g/mol. The molecule has 1 aliphatic carbocycles. The van der Waals surface area contributed by atoms with E-state index < -0.39 is 0 Å². The largest absolute Gasteiger partial charge is 0.378 e. The average molecular weight is 187 g/mol. The summed E-state index contributed by atoms with van der Waals surface area (Å²) in [6.45, 7) is 2.17. The molecule has 0 aliphatic heterocycles. The molecule has 72 valence electrons. The van der Waals surface area contributed by atoms with E-state index in [1.165, 1.54) is 12.8 Å². The number of anilines is 1. The Morgan fingerprint density at radius 3 is 3.00 bits per heavy atom. The van der Waals surface area contributed by atoms with Crippen molar-refractivity contribution in [2.75, 3.05) is 5.32 Å². The lowest BCUT2D eigenvalue weighted by molar-refractivity contribution is 0.701. The molecule has 0 radical (unpaired) electrons. The van der Waals surface area contributed by atoms with Gasteiger partial charge >= 0.3 is 0 Å². The van der Waals surface area contributed by atoms with Crippen molar-refractivity contribution in [2.24, 2.45) is 0 Å². The van der Waals surface area contributed by atoms with Gasteiger partial charge in [-0.05, 0) is 25.3 Å². The molecule has 2 rings (SSSR count). The van der Waals surface area contributed by atoms with Crippen LogP contribution in [0, 0.1) is 11.3 Å². The summed E-state index contributed by atoms with van der Waals surface area (Å²) in [6, 6.07) is 4.01. The van der Waals surface area contributed by atoms with Gasteiger partial charge in [0.05, 0.1) is 11.3 Å². The normalized spacial score (nSPS) is 17.1. The fraction of sp³-hybridized carbons (Fsp3) is 0.455. The van der Waals surface area contributed by atoms with E-state index in [-0.39, 0.29) is 5.54 Å². The molecular formula is C11H13N3. The summed E-state index contributed by atoms with van der Waals surface area (Å²) in [5.74, 6) is 0. The number of hydrogen-bond acceptors (Lipinski definition) is 3. The molecule has 0 atom stereocenters. The number of aromatic nitrogens is 1. The van der Waals surface area contributed by atoms with Gasteiger partial charge in [-0.15, -0.1) is 0 Å². The topological polar surface area (TPSA) is 48.7 Å². The third-order valence-corrected chi connectivity index (χ3v) is 2.87. The van der Waals surface area contributed by atoms with Gasteiger partial charge in [-0.25, -0.2) is 0 Å².